The van der Waals surface area contributed by atoms with Gasteiger partial charge in [0.1, 0.15) is 11.5 Å². The molecule has 0 aliphatic carbocycles. The van der Waals surface area contributed by atoms with Gasteiger partial charge < -0.3 is 19.2 Å². The molecular formula is C22H32N4O6. The number of esters is 1. The van der Waals surface area contributed by atoms with Crippen LogP contribution in [0.4, 0.5) is 4.79 Å². The van der Waals surface area contributed by atoms with E-state index in [0.717, 1.165) is 18.6 Å². The minimum absolute atomic E-state index is 0.111. The summed E-state index contributed by atoms with van der Waals surface area (Å²) >= 11 is 0. The summed E-state index contributed by atoms with van der Waals surface area (Å²) in [4.78, 5) is 48.4. The molecule has 0 spiro atoms. The number of nitrogens with one attached hydrogen (secondary N) is 1. The van der Waals surface area contributed by atoms with Crippen LogP contribution in [0.5, 0.6) is 0 Å². The fourth-order valence-electron chi connectivity index (χ4n) is 3.89. The number of nitrogens with zero attached hydrogens (tertiary/aromatic N) is 3. The molecule has 1 saturated heterocycles. The first kappa shape index (κ1) is 23.7. The van der Waals surface area contributed by atoms with Crippen molar-refractivity contribution in [2.75, 3.05) is 13.1 Å². The van der Waals surface area contributed by atoms with Crippen LogP contribution >= 0.6 is 0 Å². The van der Waals surface area contributed by atoms with Crippen molar-refractivity contribution < 1.29 is 28.7 Å². The van der Waals surface area contributed by atoms with Crippen molar-refractivity contribution in [2.24, 2.45) is 16.1 Å². The number of oxime groups is 1. The van der Waals surface area contributed by atoms with Crippen molar-refractivity contribution in [3.63, 3.8) is 0 Å². The lowest BCUT2D eigenvalue weighted by Gasteiger charge is -2.39. The SMILES string of the molecule is CCCCC1=CC(=O)OC2(C)N=C(ON=C3CCN(C(=O)OC(C)(C)C)CC3)NC(=O)C12. The topological polar surface area (TPSA) is 119 Å². The zero-order valence-electron chi connectivity index (χ0n) is 19.4. The Hall–Kier alpha value is -2.91. The van der Waals surface area contributed by atoms with Gasteiger partial charge in [0.15, 0.2) is 0 Å². The van der Waals surface area contributed by atoms with Gasteiger partial charge in [-0.15, -0.1) is 0 Å². The Labute approximate surface area is 188 Å². The van der Waals surface area contributed by atoms with E-state index < -0.39 is 23.2 Å². The van der Waals surface area contributed by atoms with Crippen LogP contribution < -0.4 is 5.32 Å². The molecule has 0 aromatic rings. The number of amides is 2. The number of ether oxygens (including phenoxy) is 2. The van der Waals surface area contributed by atoms with Crippen molar-refractivity contribution in [3.8, 4) is 0 Å². The molecular weight excluding hydrogens is 416 g/mol. The van der Waals surface area contributed by atoms with E-state index in [4.69, 9.17) is 14.3 Å². The highest BCUT2D eigenvalue weighted by Crippen LogP contribution is 2.38. The largest absolute Gasteiger partial charge is 0.444 e. The molecule has 10 nitrogen and oxygen atoms in total. The molecule has 1 N–H and O–H groups in total. The Bertz CT molecular complexity index is 862. The molecule has 3 rings (SSSR count). The number of amidine groups is 1. The third-order valence-corrected chi connectivity index (χ3v) is 5.41. The average molecular weight is 449 g/mol. The normalized spacial score (nSPS) is 25.7. The van der Waals surface area contributed by atoms with E-state index in [1.807, 2.05) is 27.7 Å². The van der Waals surface area contributed by atoms with Gasteiger partial charge in [0.25, 0.3) is 0 Å². The summed E-state index contributed by atoms with van der Waals surface area (Å²) in [5.41, 5.74) is -0.467. The van der Waals surface area contributed by atoms with Crippen LogP contribution in [-0.2, 0) is 23.9 Å². The van der Waals surface area contributed by atoms with Crippen LogP contribution in [0.2, 0.25) is 0 Å². The minimum atomic E-state index is -1.37. The van der Waals surface area contributed by atoms with Crippen molar-refractivity contribution >= 4 is 29.7 Å². The van der Waals surface area contributed by atoms with Gasteiger partial charge in [0, 0.05) is 32.0 Å². The number of hydrogen-bond acceptors (Lipinski definition) is 8. The smallest absolute Gasteiger partial charge is 0.410 e. The molecule has 1 fully saturated rings. The fraction of sp³-hybridized carbons (Fsp3) is 0.682. The van der Waals surface area contributed by atoms with E-state index >= 15 is 0 Å². The predicted molar refractivity (Wildman–Crippen MR) is 117 cm³/mol. The van der Waals surface area contributed by atoms with E-state index in [1.54, 1.807) is 11.8 Å². The Balaban J connectivity index is 1.63. The van der Waals surface area contributed by atoms with Crippen LogP contribution in [0.1, 0.15) is 66.7 Å². The summed E-state index contributed by atoms with van der Waals surface area (Å²) in [6.07, 6.45) is 4.49. The van der Waals surface area contributed by atoms with Crippen LogP contribution in [0, 0.1) is 5.92 Å². The van der Waals surface area contributed by atoms with Gasteiger partial charge in [0.05, 0.1) is 5.71 Å². The van der Waals surface area contributed by atoms with Gasteiger partial charge in [-0.05, 0) is 46.1 Å². The molecule has 176 valence electrons. The monoisotopic (exact) mass is 448 g/mol. The molecule has 2 atom stereocenters. The van der Waals surface area contributed by atoms with Crippen molar-refractivity contribution in [3.05, 3.63) is 11.6 Å². The van der Waals surface area contributed by atoms with E-state index in [0.29, 0.717) is 37.9 Å². The van der Waals surface area contributed by atoms with E-state index in [1.165, 1.54) is 6.08 Å². The maximum absolute atomic E-state index is 12.8. The molecule has 2 unspecified atom stereocenters. The third-order valence-electron chi connectivity index (χ3n) is 5.41. The average Bonchev–Trinajstić information content (AvgIpc) is 2.68. The number of fused-ring (bicyclic) bond motifs is 1. The Kier molecular flexibility index (Phi) is 6.90. The summed E-state index contributed by atoms with van der Waals surface area (Å²) in [5, 5.41) is 6.72. The summed E-state index contributed by atoms with van der Waals surface area (Å²) in [6, 6.07) is -0.111. The number of hydrogen-bond donors (Lipinski definition) is 1. The summed E-state index contributed by atoms with van der Waals surface area (Å²) in [5.74, 6) is -1.55. The Morgan fingerprint density at radius 2 is 2.03 bits per heavy atom. The molecule has 10 heteroatoms. The highest BCUT2D eigenvalue weighted by atomic mass is 16.7. The Morgan fingerprint density at radius 1 is 1.34 bits per heavy atom. The lowest BCUT2D eigenvalue weighted by atomic mass is 9.83. The molecule has 0 radical (unpaired) electrons. The maximum Gasteiger partial charge on any atom is 0.410 e. The van der Waals surface area contributed by atoms with Crippen LogP contribution in [0.3, 0.4) is 0 Å². The second-order valence-corrected chi connectivity index (χ2v) is 9.35. The molecule has 0 saturated carbocycles. The highest BCUT2D eigenvalue weighted by Gasteiger charge is 2.51. The number of carbonyl (C=O) groups is 3. The molecule has 0 bridgehead atoms. The fourth-order valence-corrected chi connectivity index (χ4v) is 3.89. The minimum Gasteiger partial charge on any atom is -0.444 e. The van der Waals surface area contributed by atoms with E-state index in [2.05, 4.69) is 15.5 Å². The molecule has 3 aliphatic heterocycles. The number of unbranched alkanes of at least 4 members (excludes halogenated alkanes) is 1. The summed E-state index contributed by atoms with van der Waals surface area (Å²) in [6.45, 7) is 10.0. The molecule has 0 aromatic carbocycles. The first-order chi connectivity index (χ1) is 15.0. The molecule has 32 heavy (non-hydrogen) atoms. The second-order valence-electron chi connectivity index (χ2n) is 9.35. The predicted octanol–water partition coefficient (Wildman–Crippen LogP) is 2.88. The molecule has 3 heterocycles. The number of rotatable bonds is 4. The van der Waals surface area contributed by atoms with Crippen LogP contribution in [0.15, 0.2) is 21.8 Å². The zero-order valence-corrected chi connectivity index (χ0v) is 19.4. The first-order valence-electron chi connectivity index (χ1n) is 11.1. The van der Waals surface area contributed by atoms with Gasteiger partial charge >= 0.3 is 18.1 Å². The van der Waals surface area contributed by atoms with Crippen LogP contribution in [0.25, 0.3) is 0 Å². The van der Waals surface area contributed by atoms with Gasteiger partial charge in [-0.1, -0.05) is 18.5 Å². The van der Waals surface area contributed by atoms with Crippen molar-refractivity contribution in [1.29, 1.82) is 0 Å². The number of piperidine rings is 1. The van der Waals surface area contributed by atoms with Crippen molar-refractivity contribution in [2.45, 2.75) is 78.0 Å². The number of likely N-dealkylation sites (tertiary alicyclic amines) is 1. The maximum atomic E-state index is 12.8. The Morgan fingerprint density at radius 3 is 2.66 bits per heavy atom. The lowest BCUT2D eigenvalue weighted by Crippen LogP contribution is -2.56. The van der Waals surface area contributed by atoms with Gasteiger partial charge in [0.2, 0.25) is 11.6 Å². The van der Waals surface area contributed by atoms with Gasteiger partial charge in [-0.3, -0.25) is 10.1 Å². The molecule has 0 aromatic heterocycles. The number of aliphatic imine (C=N–C) groups is 1. The summed E-state index contributed by atoms with van der Waals surface area (Å²) < 4.78 is 10.8. The highest BCUT2D eigenvalue weighted by molar-refractivity contribution is 6.01. The lowest BCUT2D eigenvalue weighted by molar-refractivity contribution is -0.162. The number of carbonyl (C=O) groups excluding carboxylic acids is 3. The molecule has 2 amide bonds. The zero-order chi connectivity index (χ0) is 23.5. The quantitative estimate of drug-likeness (QED) is 0.522. The van der Waals surface area contributed by atoms with E-state index in [-0.39, 0.29) is 18.0 Å². The van der Waals surface area contributed by atoms with Crippen molar-refractivity contribution in [1.82, 2.24) is 10.2 Å². The standard InChI is InChI=1S/C22H32N4O6/c1-6-7-8-14-13-16(27)30-22(5)17(14)18(28)23-19(24-22)32-25-15-9-11-26(12-10-15)20(29)31-21(2,3)4/h13,17H,6-12H2,1-5H3,(H,23,24,28). The van der Waals surface area contributed by atoms with Crippen LogP contribution in [-0.4, -0.2) is 59.0 Å². The van der Waals surface area contributed by atoms with E-state index in [9.17, 15) is 14.4 Å². The van der Waals surface area contributed by atoms with Gasteiger partial charge in [-0.25, -0.2) is 9.59 Å². The molecule has 3 aliphatic rings. The first-order valence-corrected chi connectivity index (χ1v) is 11.1. The summed E-state index contributed by atoms with van der Waals surface area (Å²) in [7, 11) is 0. The third kappa shape index (κ3) is 5.66. The second kappa shape index (κ2) is 9.30. The van der Waals surface area contributed by atoms with Gasteiger partial charge in [-0.2, -0.15) is 4.99 Å².